The Labute approximate surface area is 219 Å². The molecule has 4 aliphatic rings. The molecule has 3 fully saturated rings. The second-order valence-corrected chi connectivity index (χ2v) is 14.8. The molecule has 0 aromatic heterocycles. The van der Waals surface area contributed by atoms with Crippen molar-refractivity contribution < 1.29 is 44.1 Å². The maximum absolute atomic E-state index is 13.3. The summed E-state index contributed by atoms with van der Waals surface area (Å²) in [6, 6.07) is 0. The van der Waals surface area contributed by atoms with Crippen molar-refractivity contribution in [2.75, 3.05) is 0 Å². The molecule has 0 bridgehead atoms. The van der Waals surface area contributed by atoms with Gasteiger partial charge in [0.2, 0.25) is 0 Å². The highest BCUT2D eigenvalue weighted by atomic mass is 31.2. The van der Waals surface area contributed by atoms with Gasteiger partial charge in [-0.2, -0.15) is 0 Å². The number of hydrogen-bond acceptors (Lipinski definition) is 7. The first-order chi connectivity index (χ1) is 16.7. The molecule has 0 saturated heterocycles. The van der Waals surface area contributed by atoms with E-state index >= 15 is 0 Å². The molecule has 6 N–H and O–H groups in total. The lowest BCUT2D eigenvalue weighted by molar-refractivity contribution is -0.170. The van der Waals surface area contributed by atoms with Crippen LogP contribution in [0.4, 0.5) is 0 Å². The van der Waals surface area contributed by atoms with Crippen LogP contribution in [-0.2, 0) is 13.9 Å². The summed E-state index contributed by atoms with van der Waals surface area (Å²) in [6.45, 7) is 8.68. The van der Waals surface area contributed by atoms with Gasteiger partial charge in [-0.3, -0.25) is 9.32 Å². The van der Waals surface area contributed by atoms with Crippen LogP contribution in [0.5, 0.6) is 0 Å². The molecule has 0 heterocycles. The molecule has 9 atom stereocenters. The molecule has 3 saturated carbocycles. The van der Waals surface area contributed by atoms with Crippen molar-refractivity contribution in [3.8, 4) is 0 Å². The summed E-state index contributed by atoms with van der Waals surface area (Å²) in [6.07, 6.45) is 3.74. The normalized spacial score (nSPS) is 42.8. The highest BCUT2D eigenvalue weighted by Crippen LogP contribution is 2.69. The Kier molecular flexibility index (Phi) is 7.30. The number of fused-ring (bicyclic) bond motifs is 5. The number of rotatable bonds is 7. The van der Waals surface area contributed by atoms with Gasteiger partial charge in [0.1, 0.15) is 0 Å². The SMILES string of the molecule is CC(C)(O)CCC(OP(=O)(O)O)C(C)(O)C1CCC2(O)C3=CC(=O)C4CC(O)CCC4(C)C3CCC12C. The van der Waals surface area contributed by atoms with Gasteiger partial charge in [0.05, 0.1) is 29.0 Å². The van der Waals surface area contributed by atoms with E-state index in [0.717, 1.165) is 0 Å². The highest BCUT2D eigenvalue weighted by Gasteiger charge is 2.69. The van der Waals surface area contributed by atoms with Crippen molar-refractivity contribution in [2.45, 2.75) is 121 Å². The Morgan fingerprint density at radius 1 is 1.08 bits per heavy atom. The molecule has 37 heavy (non-hydrogen) atoms. The summed E-state index contributed by atoms with van der Waals surface area (Å²) in [4.78, 5) is 32.5. The zero-order valence-electron chi connectivity index (χ0n) is 22.7. The minimum absolute atomic E-state index is 0.0122. The fourth-order valence-electron chi connectivity index (χ4n) is 8.58. The topological polar surface area (TPSA) is 165 Å². The number of ketones is 1. The lowest BCUT2D eigenvalue weighted by atomic mass is 9.46. The standard InChI is InChI=1S/C27H45O9P/c1-23(2,30)10-9-22(36-37(33,34)35)26(5,31)21-8-13-27(32)18-15-20(29)19-14-16(28)6-11-24(19,3)17(18)7-12-25(21,27)4/h15-17,19,21-22,28,30-32H,6-14H2,1-5H3,(H2,33,34,35). The fraction of sp³-hybridized carbons (Fsp3) is 0.889. The van der Waals surface area contributed by atoms with E-state index in [1.165, 1.54) is 6.92 Å². The van der Waals surface area contributed by atoms with Crippen LogP contribution in [0.25, 0.3) is 0 Å². The van der Waals surface area contributed by atoms with Gasteiger partial charge in [-0.25, -0.2) is 4.57 Å². The second kappa shape index (κ2) is 9.20. The highest BCUT2D eigenvalue weighted by molar-refractivity contribution is 7.46. The molecular weight excluding hydrogens is 499 g/mol. The third kappa shape index (κ3) is 4.93. The summed E-state index contributed by atoms with van der Waals surface area (Å²) in [5.74, 6) is -0.921. The lowest BCUT2D eigenvalue weighted by Gasteiger charge is -2.60. The number of phosphoric ester groups is 1. The van der Waals surface area contributed by atoms with E-state index in [-0.39, 0.29) is 35.9 Å². The van der Waals surface area contributed by atoms with E-state index in [9.17, 15) is 39.6 Å². The number of aliphatic hydroxyl groups is 4. The summed E-state index contributed by atoms with van der Waals surface area (Å²) < 4.78 is 17.0. The van der Waals surface area contributed by atoms with Gasteiger partial charge in [0, 0.05) is 11.3 Å². The molecule has 4 aliphatic carbocycles. The van der Waals surface area contributed by atoms with Crippen molar-refractivity contribution in [1.82, 2.24) is 0 Å². The van der Waals surface area contributed by atoms with Crippen molar-refractivity contribution in [3.05, 3.63) is 11.6 Å². The van der Waals surface area contributed by atoms with Crippen molar-refractivity contribution in [3.63, 3.8) is 0 Å². The summed E-state index contributed by atoms with van der Waals surface area (Å²) >= 11 is 0. The van der Waals surface area contributed by atoms with E-state index < -0.39 is 48.2 Å². The predicted octanol–water partition coefficient (Wildman–Crippen LogP) is 3.00. The van der Waals surface area contributed by atoms with Crippen LogP contribution in [0.1, 0.15) is 92.4 Å². The molecule has 0 radical (unpaired) electrons. The molecule has 0 aliphatic heterocycles. The van der Waals surface area contributed by atoms with Gasteiger partial charge in [-0.05, 0) is 107 Å². The maximum Gasteiger partial charge on any atom is 0.469 e. The molecule has 0 aromatic carbocycles. The minimum Gasteiger partial charge on any atom is -0.393 e. The molecule has 212 valence electrons. The summed E-state index contributed by atoms with van der Waals surface area (Å²) in [5.41, 5.74) is -4.70. The van der Waals surface area contributed by atoms with E-state index in [2.05, 4.69) is 6.92 Å². The fourth-order valence-corrected chi connectivity index (χ4v) is 9.23. The Morgan fingerprint density at radius 2 is 1.73 bits per heavy atom. The third-order valence-corrected chi connectivity index (χ3v) is 11.2. The van der Waals surface area contributed by atoms with Crippen LogP contribution < -0.4 is 0 Å². The van der Waals surface area contributed by atoms with Crippen molar-refractivity contribution in [2.24, 2.45) is 28.6 Å². The monoisotopic (exact) mass is 544 g/mol. The van der Waals surface area contributed by atoms with Crippen molar-refractivity contribution in [1.29, 1.82) is 0 Å². The van der Waals surface area contributed by atoms with Gasteiger partial charge in [0.15, 0.2) is 5.78 Å². The third-order valence-electron chi connectivity index (χ3n) is 10.7. The first-order valence-corrected chi connectivity index (χ1v) is 15.1. The molecule has 4 rings (SSSR count). The van der Waals surface area contributed by atoms with Crippen LogP contribution >= 0.6 is 7.82 Å². The predicted molar refractivity (Wildman–Crippen MR) is 136 cm³/mol. The van der Waals surface area contributed by atoms with Crippen molar-refractivity contribution >= 4 is 13.6 Å². The van der Waals surface area contributed by atoms with Gasteiger partial charge < -0.3 is 30.2 Å². The second-order valence-electron chi connectivity index (χ2n) is 13.6. The summed E-state index contributed by atoms with van der Waals surface area (Å²) in [5, 5.41) is 44.7. The molecular formula is C27H45O9P. The Morgan fingerprint density at radius 3 is 2.32 bits per heavy atom. The molecule has 9 unspecified atom stereocenters. The van der Waals surface area contributed by atoms with E-state index in [4.69, 9.17) is 4.52 Å². The average molecular weight is 545 g/mol. The molecule has 0 aromatic rings. The zero-order chi connectivity index (χ0) is 27.8. The largest absolute Gasteiger partial charge is 0.469 e. The first-order valence-electron chi connectivity index (χ1n) is 13.6. The number of carbonyl (C=O) groups excluding carboxylic acids is 1. The van der Waals surface area contributed by atoms with Gasteiger partial charge >= 0.3 is 7.82 Å². The number of carbonyl (C=O) groups is 1. The number of aliphatic hydroxyl groups excluding tert-OH is 1. The quantitative estimate of drug-likeness (QED) is 0.264. The van der Waals surface area contributed by atoms with Crippen LogP contribution in [-0.4, -0.2) is 65.0 Å². The van der Waals surface area contributed by atoms with Gasteiger partial charge in [-0.15, -0.1) is 0 Å². The van der Waals surface area contributed by atoms with E-state index in [1.54, 1.807) is 19.9 Å². The van der Waals surface area contributed by atoms with Crippen LogP contribution in [0.3, 0.4) is 0 Å². The first kappa shape index (κ1) is 29.3. The molecule has 10 heteroatoms. The molecule has 0 amide bonds. The van der Waals surface area contributed by atoms with Crippen LogP contribution in [0.15, 0.2) is 11.6 Å². The van der Waals surface area contributed by atoms with E-state index in [1.807, 2.05) is 6.92 Å². The number of phosphoric acid groups is 1. The Bertz CT molecular complexity index is 996. The molecule has 9 nitrogen and oxygen atoms in total. The summed E-state index contributed by atoms with van der Waals surface area (Å²) in [7, 11) is -4.96. The lowest BCUT2D eigenvalue weighted by Crippen LogP contribution is -2.62. The van der Waals surface area contributed by atoms with Gasteiger partial charge in [-0.1, -0.05) is 13.8 Å². The number of hydrogen-bond donors (Lipinski definition) is 6. The average Bonchev–Trinajstić information content (AvgIpc) is 3.03. The van der Waals surface area contributed by atoms with Crippen LogP contribution in [0, 0.1) is 28.6 Å². The van der Waals surface area contributed by atoms with E-state index in [0.29, 0.717) is 50.5 Å². The Balaban J connectivity index is 1.70. The minimum atomic E-state index is -4.96. The van der Waals surface area contributed by atoms with Gasteiger partial charge in [0.25, 0.3) is 0 Å². The zero-order valence-corrected chi connectivity index (χ0v) is 23.6. The Hall–Kier alpha value is -0.640. The maximum atomic E-state index is 13.3. The molecule has 0 spiro atoms. The number of allylic oxidation sites excluding steroid dienone is 1. The van der Waals surface area contributed by atoms with Crippen LogP contribution in [0.2, 0.25) is 0 Å². The smallest absolute Gasteiger partial charge is 0.393 e.